The van der Waals surface area contributed by atoms with Crippen molar-refractivity contribution >= 4 is 16.7 Å². The Labute approximate surface area is 107 Å². The van der Waals surface area contributed by atoms with Gasteiger partial charge in [0.1, 0.15) is 12.1 Å². The number of aromatic nitrogens is 2. The van der Waals surface area contributed by atoms with Crippen LogP contribution >= 0.6 is 0 Å². The van der Waals surface area contributed by atoms with Crippen LogP contribution in [0.15, 0.2) is 30.6 Å². The van der Waals surface area contributed by atoms with E-state index < -0.39 is 0 Å². The second-order valence-corrected chi connectivity index (χ2v) is 4.72. The van der Waals surface area contributed by atoms with Crippen molar-refractivity contribution < 1.29 is 0 Å². The smallest absolute Gasteiger partial charge is 0.140 e. The van der Waals surface area contributed by atoms with Crippen molar-refractivity contribution in [1.82, 2.24) is 15.3 Å². The lowest BCUT2D eigenvalue weighted by atomic mass is 10.1. The summed E-state index contributed by atoms with van der Waals surface area (Å²) in [4.78, 5) is 11.3. The van der Waals surface area contributed by atoms with Gasteiger partial charge in [-0.2, -0.15) is 0 Å². The molecule has 1 aliphatic heterocycles. The van der Waals surface area contributed by atoms with Crippen molar-refractivity contribution in [3.8, 4) is 0 Å². The number of hydrogen-bond acceptors (Lipinski definition) is 4. The van der Waals surface area contributed by atoms with E-state index in [-0.39, 0.29) is 0 Å². The largest absolute Gasteiger partial charge is 0.350 e. The Morgan fingerprint density at radius 3 is 2.83 bits per heavy atom. The molecule has 1 fully saturated rings. The number of rotatable bonds is 4. The maximum absolute atomic E-state index is 4.52. The van der Waals surface area contributed by atoms with Gasteiger partial charge in [0.25, 0.3) is 0 Å². The van der Waals surface area contributed by atoms with Crippen LogP contribution < -0.4 is 10.2 Å². The van der Waals surface area contributed by atoms with Crippen molar-refractivity contribution in [3.63, 3.8) is 0 Å². The van der Waals surface area contributed by atoms with E-state index >= 15 is 0 Å². The second kappa shape index (κ2) is 4.90. The summed E-state index contributed by atoms with van der Waals surface area (Å²) in [6.07, 6.45) is 2.81. The normalized spacial score (nSPS) is 15.6. The monoisotopic (exact) mass is 242 g/mol. The third-order valence-corrected chi connectivity index (χ3v) is 3.46. The first kappa shape index (κ1) is 11.4. The van der Waals surface area contributed by atoms with Gasteiger partial charge in [0.05, 0.1) is 11.6 Å². The van der Waals surface area contributed by atoms with Crippen LogP contribution in [-0.2, 0) is 0 Å². The predicted octanol–water partition coefficient (Wildman–Crippen LogP) is 1.82. The number of hydrogen-bond donors (Lipinski definition) is 1. The van der Waals surface area contributed by atoms with Crippen LogP contribution in [0.4, 0.5) is 5.82 Å². The number of anilines is 1. The van der Waals surface area contributed by atoms with E-state index in [1.54, 1.807) is 6.33 Å². The minimum atomic E-state index is 0.572. The molecule has 2 heterocycles. The first-order chi connectivity index (χ1) is 8.90. The summed E-state index contributed by atoms with van der Waals surface area (Å²) in [5.41, 5.74) is 1.02. The van der Waals surface area contributed by atoms with E-state index in [0.29, 0.717) is 6.04 Å². The molecule has 0 bridgehead atoms. The van der Waals surface area contributed by atoms with Gasteiger partial charge in [0, 0.05) is 25.0 Å². The molecule has 3 rings (SSSR count). The average molecular weight is 242 g/mol. The summed E-state index contributed by atoms with van der Waals surface area (Å²) < 4.78 is 0. The van der Waals surface area contributed by atoms with Gasteiger partial charge >= 0.3 is 0 Å². The summed E-state index contributed by atoms with van der Waals surface area (Å²) in [7, 11) is 0. The molecular weight excluding hydrogens is 224 g/mol. The van der Waals surface area contributed by atoms with Gasteiger partial charge in [0.2, 0.25) is 0 Å². The lowest BCUT2D eigenvalue weighted by Gasteiger charge is -2.39. The van der Waals surface area contributed by atoms with E-state index in [9.17, 15) is 0 Å². The summed E-state index contributed by atoms with van der Waals surface area (Å²) in [6, 6.07) is 8.80. The zero-order chi connectivity index (χ0) is 12.4. The van der Waals surface area contributed by atoms with E-state index in [0.717, 1.165) is 42.8 Å². The SMILES string of the molecule is CCCN(c1ncnc2ccccc12)C1CNC1. The highest BCUT2D eigenvalue weighted by Crippen LogP contribution is 2.25. The zero-order valence-corrected chi connectivity index (χ0v) is 10.6. The van der Waals surface area contributed by atoms with Gasteiger partial charge in [0.15, 0.2) is 0 Å². The molecule has 0 unspecified atom stereocenters. The third kappa shape index (κ3) is 1.93. The maximum Gasteiger partial charge on any atom is 0.140 e. The van der Waals surface area contributed by atoms with Gasteiger partial charge < -0.3 is 10.2 Å². The Morgan fingerprint density at radius 1 is 1.28 bits per heavy atom. The molecule has 1 aromatic carbocycles. The molecule has 4 heteroatoms. The number of nitrogens with zero attached hydrogens (tertiary/aromatic N) is 3. The summed E-state index contributed by atoms with van der Waals surface area (Å²) >= 11 is 0. The van der Waals surface area contributed by atoms with Gasteiger partial charge in [-0.25, -0.2) is 9.97 Å². The maximum atomic E-state index is 4.52. The van der Waals surface area contributed by atoms with Crippen molar-refractivity contribution in [2.45, 2.75) is 19.4 Å². The highest BCUT2D eigenvalue weighted by Gasteiger charge is 2.26. The van der Waals surface area contributed by atoms with Crippen LogP contribution in [-0.4, -0.2) is 35.6 Å². The van der Waals surface area contributed by atoms with E-state index in [2.05, 4.69) is 39.2 Å². The highest BCUT2D eigenvalue weighted by atomic mass is 15.3. The Bertz CT molecular complexity index is 531. The minimum absolute atomic E-state index is 0.572. The zero-order valence-electron chi connectivity index (χ0n) is 10.6. The first-order valence-electron chi connectivity index (χ1n) is 6.57. The van der Waals surface area contributed by atoms with Crippen LogP contribution in [0, 0.1) is 0 Å². The van der Waals surface area contributed by atoms with E-state index in [1.807, 2.05) is 12.1 Å². The molecule has 1 aromatic heterocycles. The molecule has 0 spiro atoms. The summed E-state index contributed by atoms with van der Waals surface area (Å²) in [5, 5.41) is 4.49. The molecular formula is C14H18N4. The lowest BCUT2D eigenvalue weighted by molar-refractivity contribution is 0.411. The second-order valence-electron chi connectivity index (χ2n) is 4.72. The molecule has 18 heavy (non-hydrogen) atoms. The summed E-state index contributed by atoms with van der Waals surface area (Å²) in [5.74, 6) is 1.08. The molecule has 4 nitrogen and oxygen atoms in total. The molecule has 2 aromatic rings. The van der Waals surface area contributed by atoms with Crippen LogP contribution in [0.2, 0.25) is 0 Å². The Balaban J connectivity index is 2.04. The average Bonchev–Trinajstić information content (AvgIpc) is 2.35. The fourth-order valence-corrected chi connectivity index (χ4v) is 2.42. The van der Waals surface area contributed by atoms with Crippen molar-refractivity contribution in [2.75, 3.05) is 24.5 Å². The molecule has 0 amide bonds. The van der Waals surface area contributed by atoms with Crippen molar-refractivity contribution in [1.29, 1.82) is 0 Å². The van der Waals surface area contributed by atoms with Crippen molar-refractivity contribution in [2.24, 2.45) is 0 Å². The summed E-state index contributed by atoms with van der Waals surface area (Å²) in [6.45, 7) is 5.37. The Kier molecular flexibility index (Phi) is 3.11. The number of fused-ring (bicyclic) bond motifs is 1. The number of benzene rings is 1. The molecule has 1 aliphatic rings. The third-order valence-electron chi connectivity index (χ3n) is 3.46. The molecule has 0 radical (unpaired) electrons. The molecule has 0 atom stereocenters. The molecule has 1 saturated heterocycles. The standard InChI is InChI=1S/C14H18N4/c1-2-7-18(11-8-15-9-11)14-12-5-3-4-6-13(12)16-10-17-14/h3-6,10-11,15H,2,7-9H2,1H3. The molecule has 1 N–H and O–H groups in total. The van der Waals surface area contributed by atoms with Crippen molar-refractivity contribution in [3.05, 3.63) is 30.6 Å². The number of para-hydroxylation sites is 1. The van der Waals surface area contributed by atoms with Gasteiger partial charge in [-0.15, -0.1) is 0 Å². The first-order valence-corrected chi connectivity index (χ1v) is 6.57. The van der Waals surface area contributed by atoms with Gasteiger partial charge in [-0.1, -0.05) is 19.1 Å². The lowest BCUT2D eigenvalue weighted by Crippen LogP contribution is -2.57. The van der Waals surface area contributed by atoms with E-state index in [1.165, 1.54) is 0 Å². The highest BCUT2D eigenvalue weighted by molar-refractivity contribution is 5.89. The fraction of sp³-hybridized carbons (Fsp3) is 0.429. The van der Waals surface area contributed by atoms with E-state index in [4.69, 9.17) is 0 Å². The predicted molar refractivity (Wildman–Crippen MR) is 73.8 cm³/mol. The quantitative estimate of drug-likeness (QED) is 0.888. The molecule has 94 valence electrons. The minimum Gasteiger partial charge on any atom is -0.350 e. The topological polar surface area (TPSA) is 41.1 Å². The molecule has 0 saturated carbocycles. The van der Waals surface area contributed by atoms with Crippen LogP contribution in [0.1, 0.15) is 13.3 Å². The van der Waals surface area contributed by atoms with Crippen LogP contribution in [0.5, 0.6) is 0 Å². The fourth-order valence-electron chi connectivity index (χ4n) is 2.42. The van der Waals surface area contributed by atoms with Gasteiger partial charge in [-0.05, 0) is 18.6 Å². The van der Waals surface area contributed by atoms with Crippen LogP contribution in [0.3, 0.4) is 0 Å². The van der Waals surface area contributed by atoms with Gasteiger partial charge in [-0.3, -0.25) is 0 Å². The Hall–Kier alpha value is -1.68. The molecule has 0 aliphatic carbocycles. The van der Waals surface area contributed by atoms with Crippen LogP contribution in [0.25, 0.3) is 10.9 Å². The number of nitrogens with one attached hydrogen (secondary N) is 1. The Morgan fingerprint density at radius 2 is 2.11 bits per heavy atom.